The predicted octanol–water partition coefficient (Wildman–Crippen LogP) is 13.7. The molecule has 12 aromatic rings. The van der Waals surface area contributed by atoms with E-state index >= 15 is 0 Å². The Morgan fingerprint density at radius 1 is 0.563 bits per heavy atom. The summed E-state index contributed by atoms with van der Waals surface area (Å²) < 4.78 is 26.3. The number of anilines is 3. The van der Waals surface area contributed by atoms with Gasteiger partial charge in [-0.2, -0.15) is 15.2 Å². The van der Waals surface area contributed by atoms with Crippen molar-refractivity contribution in [3.63, 3.8) is 0 Å². The molecule has 21 heteroatoms. The van der Waals surface area contributed by atoms with Crippen LogP contribution in [-0.2, 0) is 19.6 Å². The molecule has 19 rings (SSSR count). The molecule has 6 aliphatic heterocycles. The lowest BCUT2D eigenvalue weighted by atomic mass is 9.78. The summed E-state index contributed by atoms with van der Waals surface area (Å²) in [6.07, 6.45) is 16.3. The van der Waals surface area contributed by atoms with Crippen LogP contribution in [0.4, 0.5) is 21.5 Å². The molecule has 12 heterocycles. The topological polar surface area (TPSA) is 192 Å². The molecule has 518 valence electrons. The lowest BCUT2D eigenvalue weighted by molar-refractivity contribution is 0.222. The van der Waals surface area contributed by atoms with E-state index in [2.05, 4.69) is 215 Å². The predicted molar refractivity (Wildman–Crippen MR) is 400 cm³/mol. The van der Waals surface area contributed by atoms with Gasteiger partial charge >= 0.3 is 0 Å². The van der Waals surface area contributed by atoms with Gasteiger partial charge in [0.05, 0.1) is 57.4 Å². The highest BCUT2D eigenvalue weighted by molar-refractivity contribution is 5.76. The monoisotopic (exact) mass is 1370 g/mol. The molecule has 3 saturated heterocycles. The Balaban J connectivity index is 0.000000115. The zero-order valence-electron chi connectivity index (χ0n) is 59.0. The number of rotatable bonds is 12. The Hall–Kier alpha value is -11.3. The van der Waals surface area contributed by atoms with Crippen molar-refractivity contribution in [1.82, 2.24) is 73.7 Å². The molecule has 1 unspecified atom stereocenters. The fourth-order valence-corrected chi connectivity index (χ4v) is 16.8. The van der Waals surface area contributed by atoms with Gasteiger partial charge in [-0.25, -0.2) is 4.39 Å². The van der Waals surface area contributed by atoms with Crippen LogP contribution in [0.1, 0.15) is 86.0 Å². The van der Waals surface area contributed by atoms with Gasteiger partial charge in [-0.15, -0.1) is 25.5 Å². The first-order valence-electron chi connectivity index (χ1n) is 36.3. The highest BCUT2D eigenvalue weighted by Gasteiger charge is 2.45. The molecule has 1 N–H and O–H groups in total. The number of hydrogen-bond acceptors (Lipinski definition) is 14. The number of tetrazole rings is 1. The second-order valence-corrected chi connectivity index (χ2v) is 30.0. The van der Waals surface area contributed by atoms with Crippen LogP contribution >= 0.6 is 0 Å². The van der Waals surface area contributed by atoms with Crippen molar-refractivity contribution in [3.8, 4) is 97.1 Å². The SMILES string of the molecule is CC(C)CNCC1CCN(c2ccc3c(c2)Cn2cc(-c4ccc(C#N)cc4)cc2-c2nncn2-3)C1.Cc1nnc2n1-c1ccc(N3CC[C@@H](CN(C)C)C3)cc1Cn1cc(-c3ccc(C#N)cc3)cc1-2.Fc1ccc(-c2cc3n(c2)Cc2cc(N4CC5(CCCC5)C4)ccc2-n2nnnc2-3)cc1. The number of nitrogens with one attached hydrogen (secondary N) is 1. The zero-order chi connectivity index (χ0) is 70.0. The molecule has 2 atom stereocenters. The molecule has 0 bridgehead atoms. The van der Waals surface area contributed by atoms with Gasteiger partial charge in [0.1, 0.15) is 18.0 Å². The van der Waals surface area contributed by atoms with Gasteiger partial charge in [-0.1, -0.05) is 63.1 Å². The molecule has 6 aromatic heterocycles. The summed E-state index contributed by atoms with van der Waals surface area (Å²) in [5.74, 6) is 5.17. The highest BCUT2D eigenvalue weighted by atomic mass is 19.1. The summed E-state index contributed by atoms with van der Waals surface area (Å²) in [6, 6.07) is 53.2. The fraction of sp³-hybridized carbons (Fsp3) is 0.329. The van der Waals surface area contributed by atoms with Crippen molar-refractivity contribution in [2.75, 3.05) is 87.7 Å². The second kappa shape index (κ2) is 26.9. The molecule has 6 aromatic carbocycles. The second-order valence-electron chi connectivity index (χ2n) is 30.0. The maximum absolute atomic E-state index is 13.4. The van der Waals surface area contributed by atoms with Crippen LogP contribution in [0.25, 0.3) is 85.0 Å². The van der Waals surface area contributed by atoms with Crippen molar-refractivity contribution in [1.29, 1.82) is 10.5 Å². The van der Waals surface area contributed by atoms with Gasteiger partial charge < -0.3 is 38.6 Å². The molecule has 7 aliphatic rings. The molecular weight excluding hydrogens is 1280 g/mol. The van der Waals surface area contributed by atoms with E-state index in [0.717, 1.165) is 156 Å². The van der Waals surface area contributed by atoms with Crippen molar-refractivity contribution in [2.24, 2.45) is 23.2 Å². The van der Waals surface area contributed by atoms with Crippen molar-refractivity contribution >= 4 is 17.1 Å². The summed E-state index contributed by atoms with van der Waals surface area (Å²) in [5.41, 5.74) is 22.3. The van der Waals surface area contributed by atoms with E-state index in [4.69, 9.17) is 10.5 Å². The number of halogens is 1. The van der Waals surface area contributed by atoms with E-state index < -0.39 is 0 Å². The minimum absolute atomic E-state index is 0.231. The molecule has 4 fully saturated rings. The molecular formula is C82H83FN20. The minimum Gasteiger partial charge on any atom is -0.371 e. The standard InChI is InChI=1S/C29H31N7.C28H29N7.C25H23FN6/c1-20(2)14-31-15-22-9-10-34(16-22)26-7-8-27-25(11-26)18-35-17-24(23-5-3-21(13-30)4-6-23)12-28(35)29-33-32-19-36(27)29;1-19-30-31-28-27-13-23(22-6-4-20(14-29)5-7-22)17-34(27)18-24-12-25(8-9-26(24)35(19)28)33-11-10-21(16-33)15-32(2)3;26-20-5-3-17(4-6-20)18-12-23-24-27-28-29-32(24)22-8-7-21(11-19(22)14-30(23)13-18)31-15-25(16-31)9-1-2-10-25/h3-8,11-12,17,19-20,22,31H,9-10,14-16,18H2,1-2H3;4-9,12-13,17,21H,10-11,15-16,18H2,1-3H3;3-8,11-13H,1-2,9-10,14-16H2/t;21-;/m.0./s1. The van der Waals surface area contributed by atoms with Crippen molar-refractivity contribution in [2.45, 2.75) is 78.9 Å². The van der Waals surface area contributed by atoms with Crippen LogP contribution in [0.2, 0.25) is 0 Å². The highest BCUT2D eigenvalue weighted by Crippen LogP contribution is 2.48. The van der Waals surface area contributed by atoms with Crippen molar-refractivity contribution in [3.05, 3.63) is 210 Å². The molecule has 1 spiro atoms. The zero-order valence-corrected chi connectivity index (χ0v) is 59.0. The average molecular weight is 1370 g/mol. The summed E-state index contributed by atoms with van der Waals surface area (Å²) in [4.78, 5) is 9.86. The third-order valence-electron chi connectivity index (χ3n) is 22.0. The third-order valence-corrected chi connectivity index (χ3v) is 22.0. The van der Waals surface area contributed by atoms with E-state index in [9.17, 15) is 4.39 Å². The quantitative estimate of drug-likeness (QED) is 0.121. The summed E-state index contributed by atoms with van der Waals surface area (Å²) in [5, 5.41) is 52.2. The fourth-order valence-electron chi connectivity index (χ4n) is 16.8. The number of hydrogen-bond donors (Lipinski definition) is 1. The van der Waals surface area contributed by atoms with Crippen LogP contribution in [0, 0.1) is 58.6 Å². The summed E-state index contributed by atoms with van der Waals surface area (Å²) in [6.45, 7) is 18.9. The lowest BCUT2D eigenvalue weighted by Crippen LogP contribution is -2.55. The first-order chi connectivity index (χ1) is 50.3. The number of benzene rings is 6. The molecule has 1 aliphatic carbocycles. The number of nitriles is 2. The Labute approximate surface area is 599 Å². The van der Waals surface area contributed by atoms with E-state index in [0.29, 0.717) is 34.3 Å². The Morgan fingerprint density at radius 3 is 1.66 bits per heavy atom. The first kappa shape index (κ1) is 65.1. The largest absolute Gasteiger partial charge is 0.371 e. The number of fused-ring (bicyclic) bond motifs is 15. The van der Waals surface area contributed by atoms with Gasteiger partial charge in [0, 0.05) is 123 Å². The third kappa shape index (κ3) is 12.6. The van der Waals surface area contributed by atoms with Gasteiger partial charge in [0.2, 0.25) is 5.82 Å². The van der Waals surface area contributed by atoms with Crippen LogP contribution in [-0.4, -0.2) is 141 Å². The average Bonchev–Trinajstić information content (AvgIpc) is 1.65. The minimum atomic E-state index is -0.231. The number of aryl methyl sites for hydroxylation is 1. The number of nitrogens with zero attached hydrogens (tertiary/aromatic N) is 19. The van der Waals surface area contributed by atoms with Crippen molar-refractivity contribution < 1.29 is 4.39 Å². The summed E-state index contributed by atoms with van der Waals surface area (Å²) >= 11 is 0. The molecule has 0 amide bonds. The first-order valence-corrected chi connectivity index (χ1v) is 36.3. The Kier molecular flexibility index (Phi) is 17.0. The number of aromatic nitrogens is 13. The van der Waals surface area contributed by atoms with Gasteiger partial charge in [-0.05, 0) is 231 Å². The molecule has 1 saturated carbocycles. The van der Waals surface area contributed by atoms with Gasteiger partial charge in [-0.3, -0.25) is 9.13 Å². The van der Waals surface area contributed by atoms with Gasteiger partial charge in [0.15, 0.2) is 11.6 Å². The molecule has 20 nitrogen and oxygen atoms in total. The van der Waals surface area contributed by atoms with Crippen LogP contribution in [0.5, 0.6) is 0 Å². The molecule has 103 heavy (non-hydrogen) atoms. The van der Waals surface area contributed by atoms with Gasteiger partial charge in [0.25, 0.3) is 0 Å². The maximum atomic E-state index is 13.4. The Morgan fingerprint density at radius 2 is 1.08 bits per heavy atom. The van der Waals surface area contributed by atoms with Crippen LogP contribution in [0.15, 0.2) is 171 Å². The van der Waals surface area contributed by atoms with E-state index in [1.165, 1.54) is 97.5 Å². The molecule has 0 radical (unpaired) electrons. The normalized spacial score (nSPS) is 17.0. The van der Waals surface area contributed by atoms with E-state index in [-0.39, 0.29) is 5.82 Å². The van der Waals surface area contributed by atoms with Crippen LogP contribution in [0.3, 0.4) is 0 Å². The Bertz CT molecular complexity index is 5210. The van der Waals surface area contributed by atoms with Crippen LogP contribution < -0.4 is 20.0 Å². The maximum Gasteiger partial charge on any atom is 0.203 e. The van der Waals surface area contributed by atoms with E-state index in [1.54, 1.807) is 0 Å². The van der Waals surface area contributed by atoms with E-state index in [1.807, 2.05) is 78.6 Å². The summed E-state index contributed by atoms with van der Waals surface area (Å²) in [7, 11) is 4.32. The smallest absolute Gasteiger partial charge is 0.203 e. The lowest BCUT2D eigenvalue weighted by Gasteiger charge is -2.50.